The molecule has 1 saturated heterocycles. The van der Waals surface area contributed by atoms with Crippen LogP contribution in [0.2, 0.25) is 0 Å². The van der Waals surface area contributed by atoms with Crippen LogP contribution in [0.3, 0.4) is 0 Å². The molecule has 1 aromatic carbocycles. The summed E-state index contributed by atoms with van der Waals surface area (Å²) in [5, 5.41) is 17.3. The Bertz CT molecular complexity index is 775. The van der Waals surface area contributed by atoms with Gasteiger partial charge in [-0.3, -0.25) is 4.90 Å². The van der Waals surface area contributed by atoms with E-state index in [9.17, 15) is 5.11 Å². The first kappa shape index (κ1) is 25.5. The van der Waals surface area contributed by atoms with E-state index in [0.29, 0.717) is 17.8 Å². The minimum absolute atomic E-state index is 0. The average Bonchev–Trinajstić information content (AvgIpc) is 3.32. The number of halogens is 1. The lowest BCUT2D eigenvalue weighted by molar-refractivity contribution is 0.0437. The Morgan fingerprint density at radius 3 is 2.45 bits per heavy atom. The lowest BCUT2D eigenvalue weighted by atomic mass is 10.0. The summed E-state index contributed by atoms with van der Waals surface area (Å²) < 4.78 is 5.34. The maximum Gasteiger partial charge on any atom is 0.191 e. The molecule has 0 spiro atoms. The smallest absolute Gasteiger partial charge is 0.191 e. The van der Waals surface area contributed by atoms with Gasteiger partial charge in [-0.2, -0.15) is 0 Å². The number of para-hydroxylation sites is 1. The summed E-state index contributed by atoms with van der Waals surface area (Å²) in [6, 6.07) is 14.5. The fraction of sp³-hybridized carbons (Fsp3) is 0.522. The van der Waals surface area contributed by atoms with Gasteiger partial charge in [0.1, 0.15) is 11.4 Å². The standard InChI is InChI=1S/C23H35N5O2.HI/c1-4-24-22(26-18-23(3,29)21-11-8-16-30-21)25-17-19(2)27-12-14-28(15-13-27)20-9-6-5-7-10-20;/h5-11,16,19,29H,4,12-15,17-18H2,1-3H3,(H2,24,25,26);1H. The van der Waals surface area contributed by atoms with Crippen LogP contribution in [-0.4, -0.2) is 67.8 Å². The molecule has 1 fully saturated rings. The molecular formula is C23H36IN5O2. The van der Waals surface area contributed by atoms with Crippen LogP contribution in [0.1, 0.15) is 26.5 Å². The maximum atomic E-state index is 10.6. The van der Waals surface area contributed by atoms with Gasteiger partial charge in [-0.15, -0.1) is 24.0 Å². The van der Waals surface area contributed by atoms with Gasteiger partial charge in [0.2, 0.25) is 0 Å². The summed E-state index contributed by atoms with van der Waals surface area (Å²) in [5.41, 5.74) is 0.165. The Hall–Kier alpha value is -1.78. The molecule has 3 rings (SSSR count). The van der Waals surface area contributed by atoms with E-state index in [1.54, 1.807) is 25.3 Å². The molecule has 8 heteroatoms. The lowest BCUT2D eigenvalue weighted by Gasteiger charge is -2.39. The van der Waals surface area contributed by atoms with Gasteiger partial charge in [-0.1, -0.05) is 18.2 Å². The molecule has 2 aromatic rings. The number of rotatable bonds is 8. The van der Waals surface area contributed by atoms with Crippen molar-refractivity contribution in [3.05, 3.63) is 54.5 Å². The SMILES string of the molecule is CCNC(=NCC(C)(O)c1ccco1)NCC(C)N1CCN(c2ccccc2)CC1.I. The van der Waals surface area contributed by atoms with Crippen molar-refractivity contribution in [2.45, 2.75) is 32.4 Å². The second-order valence-electron chi connectivity index (χ2n) is 8.03. The van der Waals surface area contributed by atoms with Crippen molar-refractivity contribution < 1.29 is 9.52 Å². The molecular weight excluding hydrogens is 505 g/mol. The minimum atomic E-state index is -1.13. The summed E-state index contributed by atoms with van der Waals surface area (Å²) >= 11 is 0. The van der Waals surface area contributed by atoms with Gasteiger partial charge in [-0.25, -0.2) is 4.99 Å². The largest absolute Gasteiger partial charge is 0.466 e. The summed E-state index contributed by atoms with van der Waals surface area (Å²) in [5.74, 6) is 1.23. The van der Waals surface area contributed by atoms with Crippen molar-refractivity contribution in [3.63, 3.8) is 0 Å². The van der Waals surface area contributed by atoms with Crippen LogP contribution in [0.25, 0.3) is 0 Å². The lowest BCUT2D eigenvalue weighted by Crippen LogP contribution is -2.53. The van der Waals surface area contributed by atoms with E-state index in [1.807, 2.05) is 6.92 Å². The number of nitrogens with zero attached hydrogens (tertiary/aromatic N) is 3. The molecule has 0 aliphatic carbocycles. The molecule has 0 bridgehead atoms. The number of anilines is 1. The van der Waals surface area contributed by atoms with Crippen LogP contribution < -0.4 is 15.5 Å². The van der Waals surface area contributed by atoms with Crippen LogP contribution in [0.15, 0.2) is 58.1 Å². The predicted octanol–water partition coefficient (Wildman–Crippen LogP) is 2.87. The van der Waals surface area contributed by atoms with E-state index in [0.717, 1.165) is 39.3 Å². The molecule has 2 atom stereocenters. The monoisotopic (exact) mass is 541 g/mol. The van der Waals surface area contributed by atoms with E-state index >= 15 is 0 Å². The van der Waals surface area contributed by atoms with Gasteiger partial charge in [0, 0.05) is 51.0 Å². The van der Waals surface area contributed by atoms with E-state index in [1.165, 1.54) is 5.69 Å². The Morgan fingerprint density at radius 2 is 1.84 bits per heavy atom. The molecule has 1 aromatic heterocycles. The summed E-state index contributed by atoms with van der Waals surface area (Å²) in [6.07, 6.45) is 1.57. The average molecular weight is 541 g/mol. The number of aliphatic hydroxyl groups is 1. The van der Waals surface area contributed by atoms with E-state index in [-0.39, 0.29) is 30.5 Å². The first-order valence-electron chi connectivity index (χ1n) is 10.8. The van der Waals surface area contributed by atoms with Gasteiger partial charge < -0.3 is 25.1 Å². The zero-order valence-electron chi connectivity index (χ0n) is 18.8. The van der Waals surface area contributed by atoms with Crippen molar-refractivity contribution >= 4 is 35.6 Å². The van der Waals surface area contributed by atoms with Gasteiger partial charge in [-0.05, 0) is 45.0 Å². The normalized spacial score (nSPS) is 18.1. The molecule has 1 aliphatic heterocycles. The molecule has 2 heterocycles. The highest BCUT2D eigenvalue weighted by molar-refractivity contribution is 14.0. The molecule has 0 saturated carbocycles. The number of hydrogen-bond donors (Lipinski definition) is 3. The fourth-order valence-corrected chi connectivity index (χ4v) is 3.67. The summed E-state index contributed by atoms with van der Waals surface area (Å²) in [6.45, 7) is 11.9. The Kier molecular flexibility index (Phi) is 10.1. The zero-order valence-corrected chi connectivity index (χ0v) is 21.1. The first-order chi connectivity index (χ1) is 14.5. The highest BCUT2D eigenvalue weighted by Gasteiger charge is 2.26. The van der Waals surface area contributed by atoms with Crippen LogP contribution in [0, 0.1) is 0 Å². The Balaban J connectivity index is 0.00000341. The highest BCUT2D eigenvalue weighted by atomic mass is 127. The summed E-state index contributed by atoms with van der Waals surface area (Å²) in [4.78, 5) is 9.52. The second kappa shape index (κ2) is 12.3. The second-order valence-corrected chi connectivity index (χ2v) is 8.03. The number of nitrogens with one attached hydrogen (secondary N) is 2. The molecule has 2 unspecified atom stereocenters. The third kappa shape index (κ3) is 7.40. The predicted molar refractivity (Wildman–Crippen MR) is 137 cm³/mol. The maximum absolute atomic E-state index is 10.6. The van der Waals surface area contributed by atoms with E-state index < -0.39 is 5.60 Å². The Morgan fingerprint density at radius 1 is 1.13 bits per heavy atom. The van der Waals surface area contributed by atoms with E-state index in [4.69, 9.17) is 4.42 Å². The van der Waals surface area contributed by atoms with Gasteiger partial charge in [0.05, 0.1) is 12.8 Å². The van der Waals surface area contributed by atoms with Crippen molar-refractivity contribution in [3.8, 4) is 0 Å². The Labute approximate surface area is 202 Å². The number of benzene rings is 1. The van der Waals surface area contributed by atoms with Crippen molar-refractivity contribution in [1.29, 1.82) is 0 Å². The molecule has 0 amide bonds. The van der Waals surface area contributed by atoms with Gasteiger partial charge in [0.15, 0.2) is 5.96 Å². The third-order valence-corrected chi connectivity index (χ3v) is 5.57. The molecule has 7 nitrogen and oxygen atoms in total. The van der Waals surface area contributed by atoms with Crippen LogP contribution in [-0.2, 0) is 5.60 Å². The van der Waals surface area contributed by atoms with E-state index in [2.05, 4.69) is 62.7 Å². The minimum Gasteiger partial charge on any atom is -0.466 e. The topological polar surface area (TPSA) is 76.3 Å². The van der Waals surface area contributed by atoms with Crippen molar-refractivity contribution in [1.82, 2.24) is 15.5 Å². The molecule has 3 N–H and O–H groups in total. The number of piperazine rings is 1. The number of furan rings is 1. The van der Waals surface area contributed by atoms with Gasteiger partial charge in [0.25, 0.3) is 0 Å². The highest BCUT2D eigenvalue weighted by Crippen LogP contribution is 2.21. The molecule has 0 radical (unpaired) electrons. The zero-order chi connectivity index (χ0) is 21.4. The number of aliphatic imine (C=N–C) groups is 1. The summed E-state index contributed by atoms with van der Waals surface area (Å²) in [7, 11) is 0. The van der Waals surface area contributed by atoms with Crippen LogP contribution in [0.5, 0.6) is 0 Å². The molecule has 1 aliphatic rings. The first-order valence-corrected chi connectivity index (χ1v) is 10.8. The van der Waals surface area contributed by atoms with Crippen LogP contribution >= 0.6 is 24.0 Å². The molecule has 172 valence electrons. The third-order valence-electron chi connectivity index (χ3n) is 5.57. The number of hydrogen-bond acceptors (Lipinski definition) is 5. The van der Waals surface area contributed by atoms with Crippen LogP contribution in [0.4, 0.5) is 5.69 Å². The number of guanidine groups is 1. The van der Waals surface area contributed by atoms with Crippen molar-refractivity contribution in [2.24, 2.45) is 4.99 Å². The molecule has 31 heavy (non-hydrogen) atoms. The van der Waals surface area contributed by atoms with Gasteiger partial charge >= 0.3 is 0 Å². The fourth-order valence-electron chi connectivity index (χ4n) is 3.67. The quantitative estimate of drug-likeness (QED) is 0.271. The van der Waals surface area contributed by atoms with Crippen molar-refractivity contribution in [2.75, 3.05) is 50.7 Å².